The quantitative estimate of drug-likeness (QED) is 0.799. The van der Waals surface area contributed by atoms with Crippen LogP contribution in [-0.2, 0) is 11.3 Å². The van der Waals surface area contributed by atoms with Crippen molar-refractivity contribution >= 4 is 21.9 Å². The second kappa shape index (κ2) is 7.23. The number of carboxylic acid groups (broad SMARTS) is 1. The van der Waals surface area contributed by atoms with Crippen LogP contribution in [0.4, 0.5) is 0 Å². The summed E-state index contributed by atoms with van der Waals surface area (Å²) in [6.07, 6.45) is 4.90. The van der Waals surface area contributed by atoms with Gasteiger partial charge >= 0.3 is 5.97 Å². The number of hydrogen-bond acceptors (Lipinski definition) is 1. The van der Waals surface area contributed by atoms with Crippen molar-refractivity contribution in [2.24, 2.45) is 0 Å². The number of rotatable bonds is 6. The number of nitrogens with zero attached hydrogens (tertiary/aromatic N) is 1. The molecule has 1 aliphatic rings. The zero-order chi connectivity index (χ0) is 14.4. The molecule has 1 fully saturated rings. The van der Waals surface area contributed by atoms with Gasteiger partial charge in [0.05, 0.1) is 26.1 Å². The van der Waals surface area contributed by atoms with Crippen LogP contribution < -0.4 is 0 Å². The third-order valence-corrected chi connectivity index (χ3v) is 5.03. The monoisotopic (exact) mass is 340 g/mol. The maximum atomic E-state index is 10.7. The van der Waals surface area contributed by atoms with Gasteiger partial charge in [-0.25, -0.2) is 0 Å². The fourth-order valence-electron chi connectivity index (χ4n) is 3.20. The summed E-state index contributed by atoms with van der Waals surface area (Å²) in [6.45, 7) is 4.36. The van der Waals surface area contributed by atoms with Crippen molar-refractivity contribution < 1.29 is 14.4 Å². The fraction of sp³-hybridized carbons (Fsp3) is 0.562. The first-order valence-electron chi connectivity index (χ1n) is 7.42. The Bertz CT molecular complexity index is 456. The Hall–Kier alpha value is -0.870. The molecular formula is C16H23BrNO2+. The molecule has 2 rings (SSSR count). The van der Waals surface area contributed by atoms with Crippen LogP contribution in [0.15, 0.2) is 28.7 Å². The predicted molar refractivity (Wildman–Crippen MR) is 83.4 cm³/mol. The minimum atomic E-state index is -0.680. The summed E-state index contributed by atoms with van der Waals surface area (Å²) in [5.74, 6) is -0.680. The van der Waals surface area contributed by atoms with Crippen LogP contribution in [0.5, 0.6) is 0 Å². The molecule has 20 heavy (non-hydrogen) atoms. The van der Waals surface area contributed by atoms with Crippen molar-refractivity contribution in [2.45, 2.75) is 38.6 Å². The second-order valence-electron chi connectivity index (χ2n) is 5.82. The van der Waals surface area contributed by atoms with E-state index >= 15 is 0 Å². The number of piperidine rings is 1. The summed E-state index contributed by atoms with van der Waals surface area (Å²) in [5, 5.41) is 8.85. The molecule has 0 atom stereocenters. The molecule has 0 saturated carbocycles. The summed E-state index contributed by atoms with van der Waals surface area (Å²) < 4.78 is 2.22. The molecule has 110 valence electrons. The number of carboxylic acids is 1. The van der Waals surface area contributed by atoms with Gasteiger partial charge in [-0.3, -0.25) is 4.79 Å². The lowest BCUT2D eigenvalue weighted by molar-refractivity contribution is -0.945. The third kappa shape index (κ3) is 4.32. The highest BCUT2D eigenvalue weighted by Crippen LogP contribution is 2.27. The normalized spacial score (nSPS) is 17.9. The Balaban J connectivity index is 2.06. The number of benzene rings is 1. The first-order valence-corrected chi connectivity index (χ1v) is 8.21. The van der Waals surface area contributed by atoms with E-state index in [4.69, 9.17) is 5.11 Å². The van der Waals surface area contributed by atoms with Gasteiger partial charge in [0, 0.05) is 16.5 Å². The van der Waals surface area contributed by atoms with Crippen LogP contribution in [0.1, 0.15) is 37.7 Å². The molecule has 0 unspecified atom stereocenters. The van der Waals surface area contributed by atoms with Gasteiger partial charge in [0.1, 0.15) is 6.54 Å². The minimum Gasteiger partial charge on any atom is -0.481 e. The highest BCUT2D eigenvalue weighted by Gasteiger charge is 2.30. The lowest BCUT2D eigenvalue weighted by Crippen LogP contribution is -2.51. The highest BCUT2D eigenvalue weighted by atomic mass is 79.9. The molecule has 1 heterocycles. The largest absolute Gasteiger partial charge is 0.481 e. The average Bonchev–Trinajstić information content (AvgIpc) is 2.42. The number of quaternary nitrogens is 1. The number of likely N-dealkylation sites (tertiary alicyclic amines) is 1. The molecule has 1 aromatic rings. The summed E-state index contributed by atoms with van der Waals surface area (Å²) in [5.41, 5.74) is 1.34. The summed E-state index contributed by atoms with van der Waals surface area (Å²) in [4.78, 5) is 10.7. The van der Waals surface area contributed by atoms with E-state index in [2.05, 4.69) is 34.1 Å². The molecule has 1 aliphatic heterocycles. The van der Waals surface area contributed by atoms with E-state index in [1.807, 2.05) is 6.07 Å². The van der Waals surface area contributed by atoms with E-state index in [1.54, 1.807) is 0 Å². The van der Waals surface area contributed by atoms with Crippen LogP contribution in [-0.4, -0.2) is 35.2 Å². The maximum Gasteiger partial charge on any atom is 0.303 e. The molecule has 0 spiro atoms. The average molecular weight is 341 g/mol. The molecule has 0 amide bonds. The van der Waals surface area contributed by atoms with Crippen molar-refractivity contribution in [3.8, 4) is 0 Å². The lowest BCUT2D eigenvalue weighted by atomic mass is 10.0. The SMILES string of the molecule is O=C(O)CCC[N+]1(Cc2ccccc2Br)CCCCC1. The summed E-state index contributed by atoms with van der Waals surface area (Å²) >= 11 is 3.63. The van der Waals surface area contributed by atoms with E-state index in [0.29, 0.717) is 0 Å². The summed E-state index contributed by atoms with van der Waals surface area (Å²) in [7, 11) is 0. The van der Waals surface area contributed by atoms with Crippen molar-refractivity contribution in [2.75, 3.05) is 19.6 Å². The Morgan fingerprint density at radius 2 is 1.90 bits per heavy atom. The van der Waals surface area contributed by atoms with E-state index in [9.17, 15) is 4.79 Å². The molecule has 0 bridgehead atoms. The zero-order valence-electron chi connectivity index (χ0n) is 11.9. The predicted octanol–water partition coefficient (Wildman–Crippen LogP) is 3.81. The Kier molecular flexibility index (Phi) is 5.61. The zero-order valence-corrected chi connectivity index (χ0v) is 13.4. The lowest BCUT2D eigenvalue weighted by Gasteiger charge is -2.42. The smallest absolute Gasteiger partial charge is 0.303 e. The molecule has 0 aromatic heterocycles. The molecule has 4 heteroatoms. The van der Waals surface area contributed by atoms with Crippen molar-refractivity contribution in [1.82, 2.24) is 0 Å². The fourth-order valence-corrected chi connectivity index (χ4v) is 3.61. The van der Waals surface area contributed by atoms with Gasteiger partial charge in [0.2, 0.25) is 0 Å². The third-order valence-electron chi connectivity index (χ3n) is 4.25. The number of aliphatic carboxylic acids is 1. The maximum absolute atomic E-state index is 10.7. The molecule has 1 N–H and O–H groups in total. The van der Waals surface area contributed by atoms with Crippen LogP contribution in [0, 0.1) is 0 Å². The van der Waals surface area contributed by atoms with Crippen molar-refractivity contribution in [3.63, 3.8) is 0 Å². The molecule has 1 aromatic carbocycles. The standard InChI is InChI=1S/C16H22BrNO2/c17-15-8-3-2-7-14(15)13-18(10-4-1-5-11-18)12-6-9-16(19)20/h2-3,7-8H,1,4-6,9-13H2/p+1. The molecule has 0 radical (unpaired) electrons. The first kappa shape index (κ1) is 15.5. The number of carbonyl (C=O) groups is 1. The van der Waals surface area contributed by atoms with Crippen molar-refractivity contribution in [3.05, 3.63) is 34.3 Å². The molecule has 0 aliphatic carbocycles. The van der Waals surface area contributed by atoms with Gasteiger partial charge in [-0.2, -0.15) is 0 Å². The van der Waals surface area contributed by atoms with Crippen molar-refractivity contribution in [1.29, 1.82) is 0 Å². The summed E-state index contributed by atoms with van der Waals surface area (Å²) in [6, 6.07) is 8.39. The van der Waals surface area contributed by atoms with Crippen LogP contribution >= 0.6 is 15.9 Å². The minimum absolute atomic E-state index is 0.288. The van der Waals surface area contributed by atoms with E-state index < -0.39 is 5.97 Å². The highest BCUT2D eigenvalue weighted by molar-refractivity contribution is 9.10. The molecular weight excluding hydrogens is 318 g/mol. The number of hydrogen-bond donors (Lipinski definition) is 1. The molecule has 1 saturated heterocycles. The van der Waals surface area contributed by atoms with Crippen LogP contribution in [0.25, 0.3) is 0 Å². The van der Waals surface area contributed by atoms with Crippen LogP contribution in [0.2, 0.25) is 0 Å². The van der Waals surface area contributed by atoms with E-state index in [1.165, 1.54) is 42.4 Å². The van der Waals surface area contributed by atoms with E-state index in [-0.39, 0.29) is 6.42 Å². The molecule has 3 nitrogen and oxygen atoms in total. The van der Waals surface area contributed by atoms with Gasteiger partial charge in [-0.15, -0.1) is 0 Å². The van der Waals surface area contributed by atoms with E-state index in [0.717, 1.165) is 24.0 Å². The van der Waals surface area contributed by atoms with Gasteiger partial charge in [0.15, 0.2) is 0 Å². The second-order valence-corrected chi connectivity index (χ2v) is 6.67. The Morgan fingerprint density at radius 1 is 1.20 bits per heavy atom. The first-order chi connectivity index (χ1) is 9.61. The Morgan fingerprint density at radius 3 is 2.55 bits per heavy atom. The Labute approximate surface area is 129 Å². The van der Waals surface area contributed by atoms with Gasteiger partial charge < -0.3 is 9.59 Å². The van der Waals surface area contributed by atoms with Crippen LogP contribution in [0.3, 0.4) is 0 Å². The number of halogens is 1. The van der Waals surface area contributed by atoms with Gasteiger partial charge in [0.25, 0.3) is 0 Å². The van der Waals surface area contributed by atoms with Gasteiger partial charge in [-0.1, -0.05) is 34.1 Å². The van der Waals surface area contributed by atoms with Gasteiger partial charge in [-0.05, 0) is 25.3 Å². The topological polar surface area (TPSA) is 37.3 Å².